The molecule has 0 fully saturated rings. The summed E-state index contributed by atoms with van der Waals surface area (Å²) in [5.74, 6) is -1.09. The van der Waals surface area contributed by atoms with Crippen LogP contribution in [0.1, 0.15) is 0 Å². The molecule has 2 N–H and O–H groups in total. The summed E-state index contributed by atoms with van der Waals surface area (Å²) in [6, 6.07) is 0. The third kappa shape index (κ3) is 11.8. The number of nitrogens with zero attached hydrogens (tertiary/aromatic N) is 1. The molecule has 0 aliphatic carbocycles. The Morgan fingerprint density at radius 3 is 1.38 bits per heavy atom. The van der Waals surface area contributed by atoms with Crippen molar-refractivity contribution in [1.82, 2.24) is 5.32 Å². The van der Waals surface area contributed by atoms with E-state index in [0.717, 1.165) is 0 Å². The molecule has 0 bridgehead atoms. The van der Waals surface area contributed by atoms with Crippen molar-refractivity contribution in [2.75, 3.05) is 24.6 Å². The topological polar surface area (TPSA) is 123 Å². The molecule has 0 heterocycles. The second kappa shape index (κ2) is 4.86. The van der Waals surface area contributed by atoms with E-state index in [2.05, 4.69) is 5.32 Å². The van der Waals surface area contributed by atoms with Gasteiger partial charge in [-0.25, -0.2) is 5.32 Å². The lowest BCUT2D eigenvalue weighted by atomic mass is 10.7. The van der Waals surface area contributed by atoms with Crippen molar-refractivity contribution >= 4 is 20.2 Å². The molecule has 1 radical (unpaired) electrons. The minimum atomic E-state index is -4.05. The minimum Gasteiger partial charge on any atom is -0.286 e. The van der Waals surface area contributed by atoms with E-state index in [1.807, 2.05) is 0 Å². The number of hydrogen-bond acceptors (Lipinski definition) is 4. The quantitative estimate of drug-likeness (QED) is 0.418. The van der Waals surface area contributed by atoms with Gasteiger partial charge in [-0.1, -0.05) is 0 Å². The van der Waals surface area contributed by atoms with Gasteiger partial charge >= 0.3 is 0 Å². The van der Waals surface area contributed by atoms with E-state index in [-0.39, 0.29) is 13.1 Å². The molecule has 0 aliphatic heterocycles. The molecule has 0 amide bonds. The molecular weight excluding hydrogens is 222 g/mol. The fourth-order valence-corrected chi connectivity index (χ4v) is 1.19. The van der Waals surface area contributed by atoms with Crippen molar-refractivity contribution in [3.63, 3.8) is 0 Å². The third-order valence-corrected chi connectivity index (χ3v) is 2.41. The van der Waals surface area contributed by atoms with Crippen LogP contribution < -0.4 is 5.32 Å². The van der Waals surface area contributed by atoms with Gasteiger partial charge in [0, 0.05) is 13.1 Å². The van der Waals surface area contributed by atoms with Gasteiger partial charge in [0.2, 0.25) is 0 Å². The highest BCUT2D eigenvalue weighted by molar-refractivity contribution is 7.86. The Morgan fingerprint density at radius 1 is 0.846 bits per heavy atom. The predicted molar refractivity (Wildman–Crippen MR) is 44.7 cm³/mol. The first-order valence-corrected chi connectivity index (χ1v) is 6.46. The van der Waals surface area contributed by atoms with Crippen LogP contribution >= 0.6 is 0 Å². The molecule has 0 atom stereocenters. The summed E-state index contributed by atoms with van der Waals surface area (Å²) < 4.78 is 56.9. The number of hydrogen-bond donors (Lipinski definition) is 2. The second-order valence-corrected chi connectivity index (χ2v) is 5.39. The maximum atomic E-state index is 10.1. The highest BCUT2D eigenvalue weighted by Crippen LogP contribution is 1.82. The smallest absolute Gasteiger partial charge is 0.266 e. The molecule has 0 aromatic heterocycles. The Bertz CT molecular complexity index is 296. The average Bonchev–Trinajstić information content (AvgIpc) is 1.81. The fraction of sp³-hybridized carbons (Fsp3) is 1.00. The normalized spacial score (nSPS) is 13.1. The first-order valence-electron chi connectivity index (χ1n) is 3.24. The maximum absolute atomic E-state index is 10.1. The Hall–Kier alpha value is -0.220. The van der Waals surface area contributed by atoms with Crippen molar-refractivity contribution in [1.29, 1.82) is 0 Å². The molecule has 0 rings (SSSR count). The number of rotatable bonds is 6. The molecule has 0 saturated carbocycles. The minimum absolute atomic E-state index is 0.186. The third-order valence-electron chi connectivity index (χ3n) is 1.01. The fourth-order valence-electron chi connectivity index (χ4n) is 0.472. The summed E-state index contributed by atoms with van der Waals surface area (Å²) in [5.41, 5.74) is 0. The maximum Gasteiger partial charge on any atom is 0.266 e. The lowest BCUT2D eigenvalue weighted by molar-refractivity contribution is 0.478. The molecule has 0 aromatic carbocycles. The largest absolute Gasteiger partial charge is 0.286 e. The highest BCUT2D eigenvalue weighted by atomic mass is 32.2. The molecule has 0 spiro atoms. The van der Waals surface area contributed by atoms with Crippen molar-refractivity contribution in [3.8, 4) is 0 Å². The van der Waals surface area contributed by atoms with E-state index >= 15 is 0 Å². The molecule has 0 aromatic rings. The van der Waals surface area contributed by atoms with Crippen LogP contribution in [0.5, 0.6) is 0 Å². The van der Waals surface area contributed by atoms with Crippen LogP contribution in [0, 0.1) is 0 Å². The van der Waals surface area contributed by atoms with Crippen LogP contribution in [0.4, 0.5) is 0 Å². The molecule has 0 aliphatic rings. The van der Waals surface area contributed by atoms with Crippen LogP contribution in [0.25, 0.3) is 0 Å². The SMILES string of the molecule is O=S(=O)(O)CC[N]CCS(=O)(=O)O. The highest BCUT2D eigenvalue weighted by Gasteiger charge is 2.06. The lowest BCUT2D eigenvalue weighted by Crippen LogP contribution is -2.22. The predicted octanol–water partition coefficient (Wildman–Crippen LogP) is -1.63. The van der Waals surface area contributed by atoms with Gasteiger partial charge in [0.05, 0.1) is 11.5 Å². The van der Waals surface area contributed by atoms with Crippen molar-refractivity contribution in [2.45, 2.75) is 0 Å². The van der Waals surface area contributed by atoms with Crippen molar-refractivity contribution in [2.24, 2.45) is 0 Å². The molecule has 7 nitrogen and oxygen atoms in total. The van der Waals surface area contributed by atoms with Crippen LogP contribution in [0.3, 0.4) is 0 Å². The average molecular weight is 232 g/mol. The van der Waals surface area contributed by atoms with Gasteiger partial charge in [-0.3, -0.25) is 9.11 Å². The van der Waals surface area contributed by atoms with E-state index < -0.39 is 31.7 Å². The summed E-state index contributed by atoms with van der Waals surface area (Å²) in [7, 11) is -8.09. The molecule has 79 valence electrons. The van der Waals surface area contributed by atoms with Crippen LogP contribution in [-0.4, -0.2) is 50.5 Å². The zero-order chi connectivity index (χ0) is 10.5. The summed E-state index contributed by atoms with van der Waals surface area (Å²) >= 11 is 0. The molecule has 9 heteroatoms. The zero-order valence-electron chi connectivity index (χ0n) is 6.62. The Morgan fingerprint density at radius 2 is 1.15 bits per heavy atom. The van der Waals surface area contributed by atoms with E-state index in [1.54, 1.807) is 0 Å². The van der Waals surface area contributed by atoms with E-state index in [1.165, 1.54) is 0 Å². The van der Waals surface area contributed by atoms with Crippen LogP contribution in [-0.2, 0) is 20.2 Å². The van der Waals surface area contributed by atoms with Gasteiger partial charge in [0.1, 0.15) is 0 Å². The van der Waals surface area contributed by atoms with Crippen molar-refractivity contribution in [3.05, 3.63) is 0 Å². The summed E-state index contributed by atoms with van der Waals surface area (Å²) in [4.78, 5) is 0. The summed E-state index contributed by atoms with van der Waals surface area (Å²) in [6.07, 6.45) is 0. The van der Waals surface area contributed by atoms with Crippen LogP contribution in [0.2, 0.25) is 0 Å². The monoisotopic (exact) mass is 232 g/mol. The molecule has 13 heavy (non-hydrogen) atoms. The van der Waals surface area contributed by atoms with E-state index in [9.17, 15) is 16.8 Å². The Labute approximate surface area is 76.6 Å². The van der Waals surface area contributed by atoms with Crippen LogP contribution in [0.15, 0.2) is 0 Å². The first kappa shape index (κ1) is 12.8. The van der Waals surface area contributed by atoms with Gasteiger partial charge in [-0.05, 0) is 0 Å². The molecule has 0 unspecified atom stereocenters. The standard InChI is InChI=1S/C4H10NO6S2/c6-12(7,8)3-1-5-2-4-13(9,10)11/h1-4H2,(H,6,7,8)(H,9,10,11). The van der Waals surface area contributed by atoms with Gasteiger partial charge < -0.3 is 0 Å². The Kier molecular flexibility index (Phi) is 4.78. The Balaban J connectivity index is 3.50. The zero-order valence-corrected chi connectivity index (χ0v) is 8.25. The van der Waals surface area contributed by atoms with Crippen molar-refractivity contribution < 1.29 is 25.9 Å². The van der Waals surface area contributed by atoms with Gasteiger partial charge in [0.25, 0.3) is 20.2 Å². The molecular formula is C4H10NO6S2. The van der Waals surface area contributed by atoms with Gasteiger partial charge in [-0.15, -0.1) is 0 Å². The van der Waals surface area contributed by atoms with Gasteiger partial charge in [-0.2, -0.15) is 16.8 Å². The first-order chi connectivity index (χ1) is 5.71. The molecule has 0 saturated heterocycles. The lowest BCUT2D eigenvalue weighted by Gasteiger charge is -1.98. The van der Waals surface area contributed by atoms with Gasteiger partial charge in [0.15, 0.2) is 0 Å². The second-order valence-electron chi connectivity index (χ2n) is 2.24. The van der Waals surface area contributed by atoms with E-state index in [4.69, 9.17) is 9.11 Å². The summed E-state index contributed by atoms with van der Waals surface area (Å²) in [6.45, 7) is -0.372. The van der Waals surface area contributed by atoms with E-state index in [0.29, 0.717) is 0 Å². The summed E-state index contributed by atoms with van der Waals surface area (Å²) in [5, 5.41) is 3.46.